The normalized spacial score (nSPS) is 26.7. The molecule has 4 rings (SSSR count). The Morgan fingerprint density at radius 2 is 1.48 bits per heavy atom. The summed E-state index contributed by atoms with van der Waals surface area (Å²) < 4.78 is 0. The fraction of sp³-hybridized carbons (Fsp3) is 0.381. The summed E-state index contributed by atoms with van der Waals surface area (Å²) in [6.45, 7) is 2.67. The number of carbonyl (C=O) groups excluding carboxylic acids is 1. The highest BCUT2D eigenvalue weighted by Crippen LogP contribution is 2.33. The van der Waals surface area contributed by atoms with Crippen molar-refractivity contribution in [3.8, 4) is 0 Å². The van der Waals surface area contributed by atoms with Crippen molar-refractivity contribution >= 4 is 5.91 Å². The second-order valence-electron chi connectivity index (χ2n) is 7.21. The quantitative estimate of drug-likeness (QED) is 0.932. The maximum Gasteiger partial charge on any atom is 0.240 e. The highest BCUT2D eigenvalue weighted by atomic mass is 16.3. The average Bonchev–Trinajstić information content (AvgIpc) is 2.92. The number of β-amino-alcohol motifs (C(OH)–C–C–N with tert-alkyl or cyclic N) is 1. The summed E-state index contributed by atoms with van der Waals surface area (Å²) in [6, 6.07) is 20.2. The number of carbonyl (C=O) groups is 1. The number of aliphatic hydroxyl groups excluding tert-OH is 1. The van der Waals surface area contributed by atoms with Crippen LogP contribution in [0.1, 0.15) is 17.5 Å². The van der Waals surface area contributed by atoms with Crippen LogP contribution < -0.4 is 0 Å². The zero-order valence-corrected chi connectivity index (χ0v) is 14.3. The van der Waals surface area contributed by atoms with Crippen LogP contribution >= 0.6 is 0 Å². The van der Waals surface area contributed by atoms with Gasteiger partial charge < -0.3 is 10.0 Å². The molecule has 2 aliphatic heterocycles. The van der Waals surface area contributed by atoms with Crippen LogP contribution in [-0.2, 0) is 17.9 Å². The highest BCUT2D eigenvalue weighted by molar-refractivity contribution is 5.84. The highest BCUT2D eigenvalue weighted by Gasteiger charge is 2.47. The number of nitrogens with zero attached hydrogens (tertiary/aromatic N) is 2. The molecule has 25 heavy (non-hydrogen) atoms. The van der Waals surface area contributed by atoms with E-state index in [1.165, 1.54) is 5.56 Å². The van der Waals surface area contributed by atoms with Gasteiger partial charge in [-0.1, -0.05) is 60.7 Å². The molecule has 2 aromatic rings. The lowest BCUT2D eigenvalue weighted by atomic mass is 9.89. The van der Waals surface area contributed by atoms with Crippen molar-refractivity contribution < 1.29 is 9.90 Å². The standard InChI is InChI=1S/C21H24N2O2/c24-19-11-18-14-23(13-17-9-5-2-6-10-17)21(25)20(18)22(15-19)12-16-7-3-1-4-8-16/h1-10,18-20,24H,11-15H2/t18-,19?,20?/m0/s1. The lowest BCUT2D eigenvalue weighted by molar-refractivity contribution is -0.134. The van der Waals surface area contributed by atoms with Crippen LogP contribution in [0.4, 0.5) is 0 Å². The number of amides is 1. The molecule has 2 aromatic carbocycles. The van der Waals surface area contributed by atoms with Crippen LogP contribution in [0.5, 0.6) is 0 Å². The van der Waals surface area contributed by atoms with E-state index in [1.807, 2.05) is 41.3 Å². The zero-order chi connectivity index (χ0) is 17.2. The third kappa shape index (κ3) is 3.46. The smallest absolute Gasteiger partial charge is 0.240 e. The Morgan fingerprint density at radius 1 is 0.880 bits per heavy atom. The van der Waals surface area contributed by atoms with Crippen LogP contribution in [0.15, 0.2) is 60.7 Å². The van der Waals surface area contributed by atoms with Gasteiger partial charge in [0.25, 0.3) is 0 Å². The second kappa shape index (κ2) is 6.98. The van der Waals surface area contributed by atoms with E-state index < -0.39 is 0 Å². The molecule has 0 radical (unpaired) electrons. The van der Waals surface area contributed by atoms with Crippen molar-refractivity contribution in [3.63, 3.8) is 0 Å². The molecule has 1 N–H and O–H groups in total. The van der Waals surface area contributed by atoms with Gasteiger partial charge in [0.15, 0.2) is 0 Å². The summed E-state index contributed by atoms with van der Waals surface area (Å²) in [5, 5.41) is 10.3. The summed E-state index contributed by atoms with van der Waals surface area (Å²) in [6.07, 6.45) is 0.363. The Balaban J connectivity index is 1.52. The van der Waals surface area contributed by atoms with E-state index in [9.17, 15) is 9.90 Å². The lowest BCUT2D eigenvalue weighted by Crippen LogP contribution is -2.51. The predicted octanol–water partition coefficient (Wildman–Crippen LogP) is 2.28. The van der Waals surface area contributed by atoms with Gasteiger partial charge in [-0.3, -0.25) is 9.69 Å². The number of piperidine rings is 1. The SMILES string of the molecule is O=C1C2[C@@H](CC(O)CN2Cc2ccccc2)CN1Cc1ccccc1. The summed E-state index contributed by atoms with van der Waals surface area (Å²) in [4.78, 5) is 17.2. The molecule has 0 aromatic heterocycles. The number of rotatable bonds is 4. The minimum absolute atomic E-state index is 0.104. The fourth-order valence-electron chi connectivity index (χ4n) is 4.25. The summed E-state index contributed by atoms with van der Waals surface area (Å²) >= 11 is 0. The van der Waals surface area contributed by atoms with Crippen molar-refractivity contribution in [3.05, 3.63) is 71.8 Å². The molecule has 0 bridgehead atoms. The van der Waals surface area contributed by atoms with Crippen LogP contribution in [0, 0.1) is 5.92 Å². The van der Waals surface area contributed by atoms with E-state index >= 15 is 0 Å². The van der Waals surface area contributed by atoms with Crippen molar-refractivity contribution in [2.45, 2.75) is 31.7 Å². The van der Waals surface area contributed by atoms with Gasteiger partial charge in [-0.2, -0.15) is 0 Å². The lowest BCUT2D eigenvalue weighted by Gasteiger charge is -2.38. The second-order valence-corrected chi connectivity index (χ2v) is 7.21. The van der Waals surface area contributed by atoms with Crippen molar-refractivity contribution in [1.29, 1.82) is 0 Å². The Bertz CT molecular complexity index is 719. The molecule has 0 aliphatic carbocycles. The molecule has 130 valence electrons. The van der Waals surface area contributed by atoms with Gasteiger partial charge in [-0.15, -0.1) is 0 Å². The summed E-state index contributed by atoms with van der Waals surface area (Å²) in [5.41, 5.74) is 2.34. The Labute approximate surface area is 148 Å². The first-order valence-electron chi connectivity index (χ1n) is 8.99. The molecule has 2 saturated heterocycles. The van der Waals surface area contributed by atoms with Crippen molar-refractivity contribution in [2.24, 2.45) is 5.92 Å². The van der Waals surface area contributed by atoms with E-state index in [-0.39, 0.29) is 24.0 Å². The molecule has 1 amide bonds. The van der Waals surface area contributed by atoms with Crippen molar-refractivity contribution in [1.82, 2.24) is 9.80 Å². The number of benzene rings is 2. The monoisotopic (exact) mass is 336 g/mol. The van der Waals surface area contributed by atoms with E-state index in [0.717, 1.165) is 12.1 Å². The Kier molecular flexibility index (Phi) is 4.55. The number of fused-ring (bicyclic) bond motifs is 1. The third-order valence-corrected chi connectivity index (χ3v) is 5.32. The fourth-order valence-corrected chi connectivity index (χ4v) is 4.25. The minimum Gasteiger partial charge on any atom is -0.392 e. The van der Waals surface area contributed by atoms with Gasteiger partial charge in [0.05, 0.1) is 12.1 Å². The maximum atomic E-state index is 13.1. The first-order chi connectivity index (χ1) is 12.2. The van der Waals surface area contributed by atoms with E-state index in [0.29, 0.717) is 26.1 Å². The number of hydrogen-bond acceptors (Lipinski definition) is 3. The Morgan fingerprint density at radius 3 is 2.12 bits per heavy atom. The summed E-state index contributed by atoms with van der Waals surface area (Å²) in [5.74, 6) is 0.417. The molecular formula is C21H24N2O2. The Hall–Kier alpha value is -2.17. The predicted molar refractivity (Wildman–Crippen MR) is 96.6 cm³/mol. The molecular weight excluding hydrogens is 312 g/mol. The number of hydrogen-bond donors (Lipinski definition) is 1. The van der Waals surface area contributed by atoms with E-state index in [1.54, 1.807) is 0 Å². The molecule has 4 heteroatoms. The van der Waals surface area contributed by atoms with Gasteiger partial charge in [0.1, 0.15) is 0 Å². The van der Waals surface area contributed by atoms with E-state index in [2.05, 4.69) is 29.2 Å². The van der Waals surface area contributed by atoms with Gasteiger partial charge in [0.2, 0.25) is 5.91 Å². The summed E-state index contributed by atoms with van der Waals surface area (Å²) in [7, 11) is 0. The number of aliphatic hydroxyl groups is 1. The average molecular weight is 336 g/mol. The van der Waals surface area contributed by atoms with Crippen LogP contribution in [0.25, 0.3) is 0 Å². The van der Waals surface area contributed by atoms with Crippen LogP contribution in [-0.4, -0.2) is 46.0 Å². The molecule has 0 saturated carbocycles. The van der Waals surface area contributed by atoms with Crippen molar-refractivity contribution in [2.75, 3.05) is 13.1 Å². The maximum absolute atomic E-state index is 13.1. The largest absolute Gasteiger partial charge is 0.392 e. The molecule has 2 fully saturated rings. The third-order valence-electron chi connectivity index (χ3n) is 5.32. The first-order valence-corrected chi connectivity index (χ1v) is 8.99. The molecule has 4 nitrogen and oxygen atoms in total. The van der Waals surface area contributed by atoms with E-state index in [4.69, 9.17) is 0 Å². The first kappa shape index (κ1) is 16.3. The molecule has 0 spiro atoms. The molecule has 2 aliphatic rings. The topological polar surface area (TPSA) is 43.8 Å². The zero-order valence-electron chi connectivity index (χ0n) is 14.3. The van der Waals surface area contributed by atoms with Gasteiger partial charge >= 0.3 is 0 Å². The van der Waals surface area contributed by atoms with Gasteiger partial charge in [-0.25, -0.2) is 0 Å². The van der Waals surface area contributed by atoms with Gasteiger partial charge in [-0.05, 0) is 17.5 Å². The number of likely N-dealkylation sites (tertiary alicyclic amines) is 2. The van der Waals surface area contributed by atoms with Gasteiger partial charge in [0, 0.05) is 32.1 Å². The minimum atomic E-state index is -0.352. The molecule has 3 atom stereocenters. The van der Waals surface area contributed by atoms with Crippen LogP contribution in [0.2, 0.25) is 0 Å². The van der Waals surface area contributed by atoms with Crippen LogP contribution in [0.3, 0.4) is 0 Å². The molecule has 2 heterocycles. The molecule has 2 unspecified atom stereocenters.